The minimum absolute atomic E-state index is 0.0174. The lowest BCUT2D eigenvalue weighted by atomic mass is 9.90. The third kappa shape index (κ3) is 27.3. The van der Waals surface area contributed by atoms with Crippen LogP contribution in [0.15, 0.2) is 24.3 Å². The van der Waals surface area contributed by atoms with Gasteiger partial charge in [-0.25, -0.2) is 4.57 Å². The molecule has 0 aromatic heterocycles. The second-order valence-corrected chi connectivity index (χ2v) is 18.7. The third-order valence-corrected chi connectivity index (χ3v) is 11.8. The molecule has 5 N–H and O–H groups in total. The number of hydrogen-bond acceptors (Lipinski definition) is 8. The fraction of sp³-hybridized carbons (Fsp3) is 0.864. The van der Waals surface area contributed by atoms with Crippen LogP contribution >= 0.6 is 7.82 Å². The summed E-state index contributed by atoms with van der Waals surface area (Å²) < 4.78 is 23.6. The van der Waals surface area contributed by atoms with Crippen LogP contribution in [0.2, 0.25) is 0 Å². The molecule has 56 heavy (non-hydrogen) atoms. The number of quaternary nitrogens is 1. The molecule has 12 heteroatoms. The zero-order valence-electron chi connectivity index (χ0n) is 36.1. The zero-order chi connectivity index (χ0) is 41.7. The smallest absolute Gasteiger partial charge is 0.392 e. The van der Waals surface area contributed by atoms with Crippen molar-refractivity contribution in [2.75, 3.05) is 40.9 Å². The standard InChI is InChI=1S/C44H83N2O9P/c1-6-8-10-11-12-13-14-15-16-17-18-19-20-25-29-41(48)40(36-55-56(52,53)54-34-33-46(3,4)5)45-44(51)30-26-22-21-24-28-38-39(43(50)35-42(38)49)32-31-37(47)27-23-9-7-2/h21,24,31-32,37-41,43,47-48,50H,6-20,22-23,25-30,33-36H2,1-5H3,(H-,45,51,52,53)/p+1/b24-21-,32-31+/t37-,38+,39+,40-,41+,43+/m0/s1. The van der Waals surface area contributed by atoms with Crippen molar-refractivity contribution in [1.29, 1.82) is 0 Å². The summed E-state index contributed by atoms with van der Waals surface area (Å²) in [4.78, 5) is 35.9. The summed E-state index contributed by atoms with van der Waals surface area (Å²) in [6.45, 7) is 4.54. The van der Waals surface area contributed by atoms with E-state index in [2.05, 4.69) is 19.2 Å². The van der Waals surface area contributed by atoms with Gasteiger partial charge in [-0.15, -0.1) is 0 Å². The van der Waals surface area contributed by atoms with Crippen LogP contribution in [0, 0.1) is 11.8 Å². The predicted octanol–water partition coefficient (Wildman–Crippen LogP) is 8.72. The first kappa shape index (κ1) is 52.6. The Kier molecular flexibility index (Phi) is 29.6. The minimum Gasteiger partial charge on any atom is -0.392 e. The molecule has 0 aromatic carbocycles. The van der Waals surface area contributed by atoms with Crippen molar-refractivity contribution in [2.45, 2.75) is 192 Å². The Balaban J connectivity index is 2.55. The number of hydrogen-bond donors (Lipinski definition) is 5. The minimum atomic E-state index is -4.39. The van der Waals surface area contributed by atoms with Gasteiger partial charge in [-0.3, -0.25) is 18.6 Å². The summed E-state index contributed by atoms with van der Waals surface area (Å²) >= 11 is 0. The van der Waals surface area contributed by atoms with Gasteiger partial charge in [0.15, 0.2) is 0 Å². The fourth-order valence-electron chi connectivity index (χ4n) is 7.14. The Morgan fingerprint density at radius 2 is 1.39 bits per heavy atom. The molecule has 0 bridgehead atoms. The number of Topliss-reactive ketones (excluding diaryl/α,β-unsaturated/α-hetero) is 1. The molecule has 7 atom stereocenters. The van der Waals surface area contributed by atoms with Gasteiger partial charge < -0.3 is 30.0 Å². The highest BCUT2D eigenvalue weighted by atomic mass is 31.2. The highest BCUT2D eigenvalue weighted by Gasteiger charge is 2.39. The number of unbranched alkanes of at least 4 members (excludes halogenated alkanes) is 16. The molecular weight excluding hydrogens is 731 g/mol. The van der Waals surface area contributed by atoms with Crippen LogP contribution in [0.25, 0.3) is 0 Å². The van der Waals surface area contributed by atoms with E-state index in [0.717, 1.165) is 38.5 Å². The number of allylic oxidation sites excluding steroid dienone is 2. The highest BCUT2D eigenvalue weighted by molar-refractivity contribution is 7.47. The van der Waals surface area contributed by atoms with E-state index >= 15 is 0 Å². The van der Waals surface area contributed by atoms with Gasteiger partial charge in [0.25, 0.3) is 0 Å². The van der Waals surface area contributed by atoms with E-state index in [4.69, 9.17) is 9.05 Å². The Morgan fingerprint density at radius 3 is 1.98 bits per heavy atom. The summed E-state index contributed by atoms with van der Waals surface area (Å²) in [5.41, 5.74) is 0. The molecule has 1 saturated carbocycles. The first-order valence-electron chi connectivity index (χ1n) is 22.3. The van der Waals surface area contributed by atoms with Gasteiger partial charge in [-0.2, -0.15) is 0 Å². The molecule has 1 unspecified atom stereocenters. The predicted molar refractivity (Wildman–Crippen MR) is 227 cm³/mol. The van der Waals surface area contributed by atoms with Gasteiger partial charge >= 0.3 is 7.82 Å². The summed E-state index contributed by atoms with van der Waals surface area (Å²) in [5, 5.41) is 34.6. The number of carbonyl (C=O) groups excluding carboxylic acids is 2. The van der Waals surface area contributed by atoms with Crippen molar-refractivity contribution >= 4 is 19.5 Å². The topological polar surface area (TPSA) is 163 Å². The van der Waals surface area contributed by atoms with E-state index in [1.165, 1.54) is 70.6 Å². The number of phosphoric ester groups is 1. The number of nitrogens with one attached hydrogen (secondary N) is 1. The molecule has 1 aliphatic rings. The second-order valence-electron chi connectivity index (χ2n) is 17.2. The van der Waals surface area contributed by atoms with E-state index in [0.29, 0.717) is 43.1 Å². The van der Waals surface area contributed by atoms with Gasteiger partial charge in [-0.1, -0.05) is 147 Å². The molecular formula is C44H84N2O9P+. The number of aliphatic hydroxyl groups is 3. The molecule has 0 radical (unpaired) electrons. The number of carbonyl (C=O) groups is 2. The number of amides is 1. The molecule has 1 aliphatic carbocycles. The van der Waals surface area contributed by atoms with Crippen LogP contribution in [0.5, 0.6) is 0 Å². The number of likely N-dealkylation sites (N-methyl/N-ethyl adjacent to an activating group) is 1. The molecule has 1 fully saturated rings. The normalized spacial score (nSPS) is 20.5. The summed E-state index contributed by atoms with van der Waals surface area (Å²) in [5.74, 6) is -0.943. The number of phosphoric acid groups is 1. The Hall–Kier alpha value is -1.43. The molecule has 0 aliphatic heterocycles. The van der Waals surface area contributed by atoms with Crippen LogP contribution in [-0.2, 0) is 23.2 Å². The van der Waals surface area contributed by atoms with E-state index < -0.39 is 32.2 Å². The highest BCUT2D eigenvalue weighted by Crippen LogP contribution is 2.43. The Labute approximate surface area is 341 Å². The van der Waals surface area contributed by atoms with Crippen LogP contribution in [0.4, 0.5) is 0 Å². The van der Waals surface area contributed by atoms with Crippen molar-refractivity contribution < 1.29 is 47.9 Å². The molecule has 1 rings (SSSR count). The molecule has 11 nitrogen and oxygen atoms in total. The third-order valence-electron chi connectivity index (χ3n) is 10.8. The number of aliphatic hydroxyl groups excluding tert-OH is 3. The largest absolute Gasteiger partial charge is 0.472 e. The number of nitrogens with zero attached hydrogens (tertiary/aromatic N) is 1. The van der Waals surface area contributed by atoms with Crippen molar-refractivity contribution in [3.63, 3.8) is 0 Å². The summed E-state index contributed by atoms with van der Waals surface area (Å²) in [6, 6.07) is -0.863. The van der Waals surface area contributed by atoms with Crippen LogP contribution in [0.1, 0.15) is 168 Å². The van der Waals surface area contributed by atoms with Gasteiger partial charge in [0, 0.05) is 24.7 Å². The molecule has 0 spiro atoms. The average molecular weight is 816 g/mol. The maximum atomic E-state index is 13.0. The average Bonchev–Trinajstić information content (AvgIpc) is 3.40. The zero-order valence-corrected chi connectivity index (χ0v) is 37.0. The van der Waals surface area contributed by atoms with Crippen molar-refractivity contribution in [2.24, 2.45) is 11.8 Å². The first-order chi connectivity index (χ1) is 26.7. The Morgan fingerprint density at radius 1 is 0.839 bits per heavy atom. The molecule has 0 aromatic rings. The first-order valence-corrected chi connectivity index (χ1v) is 23.8. The van der Waals surface area contributed by atoms with E-state index in [-0.39, 0.29) is 49.6 Å². The molecule has 328 valence electrons. The lowest BCUT2D eigenvalue weighted by molar-refractivity contribution is -0.870. The monoisotopic (exact) mass is 816 g/mol. The molecule has 0 saturated heterocycles. The van der Waals surface area contributed by atoms with Crippen LogP contribution < -0.4 is 5.32 Å². The van der Waals surface area contributed by atoms with E-state index in [9.17, 15) is 34.4 Å². The van der Waals surface area contributed by atoms with Crippen LogP contribution in [-0.4, -0.2) is 102 Å². The SMILES string of the molecule is CCCCCCCCCCCCCCCC[C@@H](O)[C@H](COP(=O)(O)OCC[N+](C)(C)C)NC(=O)CCC/C=C\C[C@H]1C(=O)C[C@@H](O)[C@@H]1/C=C/[C@@H](O)CCCCC. The van der Waals surface area contributed by atoms with Gasteiger partial charge in [0.2, 0.25) is 5.91 Å². The fourth-order valence-corrected chi connectivity index (χ4v) is 7.88. The lowest BCUT2D eigenvalue weighted by Crippen LogP contribution is -2.46. The molecule has 1 amide bonds. The quantitative estimate of drug-likeness (QED) is 0.0180. The lowest BCUT2D eigenvalue weighted by Gasteiger charge is -2.26. The van der Waals surface area contributed by atoms with E-state index in [1.54, 1.807) is 12.2 Å². The van der Waals surface area contributed by atoms with Crippen molar-refractivity contribution in [3.05, 3.63) is 24.3 Å². The maximum absolute atomic E-state index is 13.0. The van der Waals surface area contributed by atoms with Gasteiger partial charge in [-0.05, 0) is 32.1 Å². The van der Waals surface area contributed by atoms with Crippen LogP contribution in [0.3, 0.4) is 0 Å². The maximum Gasteiger partial charge on any atom is 0.472 e. The summed E-state index contributed by atoms with van der Waals surface area (Å²) in [7, 11) is 1.45. The van der Waals surface area contributed by atoms with Gasteiger partial charge in [0.1, 0.15) is 18.9 Å². The molecule has 0 heterocycles. The second kappa shape index (κ2) is 31.5. The Bertz CT molecular complexity index is 1130. The number of rotatable bonds is 36. The van der Waals surface area contributed by atoms with E-state index in [1.807, 2.05) is 33.3 Å². The van der Waals surface area contributed by atoms with Gasteiger partial charge in [0.05, 0.1) is 52.1 Å². The van der Waals surface area contributed by atoms with Crippen molar-refractivity contribution in [1.82, 2.24) is 5.32 Å². The number of ketones is 1. The van der Waals surface area contributed by atoms with Crippen molar-refractivity contribution in [3.8, 4) is 0 Å². The summed E-state index contributed by atoms with van der Waals surface area (Å²) in [6.07, 6.45) is 28.4.